The fraction of sp³-hybridized carbons (Fsp3) is 0.667. The average molecular weight is 374 g/mol. The molecule has 6 nitrogen and oxygen atoms in total. The minimum absolute atomic E-state index is 0.302. The van der Waals surface area contributed by atoms with Crippen LogP contribution in [0.2, 0.25) is 0 Å². The van der Waals surface area contributed by atoms with Gasteiger partial charge in [0.05, 0.1) is 0 Å². The van der Waals surface area contributed by atoms with Crippen molar-refractivity contribution in [1.29, 1.82) is 0 Å². The average Bonchev–Trinajstić information content (AvgIpc) is 2.91. The summed E-state index contributed by atoms with van der Waals surface area (Å²) < 4.78 is 6.10. The quantitative estimate of drug-likeness (QED) is 0.629. The van der Waals surface area contributed by atoms with Gasteiger partial charge >= 0.3 is 0 Å². The van der Waals surface area contributed by atoms with Crippen molar-refractivity contribution in [3.8, 4) is 5.75 Å². The number of nitrogens with one attached hydrogen (secondary N) is 1. The number of likely N-dealkylation sites (N-methyl/N-ethyl adjacent to an activating group) is 1. The molecule has 0 amide bonds. The van der Waals surface area contributed by atoms with Gasteiger partial charge in [0.2, 0.25) is 0 Å². The lowest BCUT2D eigenvalue weighted by molar-refractivity contribution is 0.129. The van der Waals surface area contributed by atoms with E-state index in [2.05, 4.69) is 32.1 Å². The van der Waals surface area contributed by atoms with E-state index in [9.17, 15) is 0 Å². The Morgan fingerprint density at radius 3 is 2.59 bits per heavy atom. The van der Waals surface area contributed by atoms with Crippen LogP contribution in [0, 0.1) is 0 Å². The topological polar surface area (TPSA) is 43.3 Å². The van der Waals surface area contributed by atoms with Crippen LogP contribution in [0.15, 0.2) is 35.3 Å². The van der Waals surface area contributed by atoms with Crippen molar-refractivity contribution in [1.82, 2.24) is 20.0 Å². The minimum atomic E-state index is 0.302. The molecule has 0 bridgehead atoms. The zero-order valence-electron chi connectivity index (χ0n) is 16.9. The fourth-order valence-electron chi connectivity index (χ4n) is 3.86. The number of aliphatic imine (C=N–C) groups is 1. The Balaban J connectivity index is 1.37. The molecule has 2 saturated heterocycles. The van der Waals surface area contributed by atoms with Gasteiger partial charge in [0, 0.05) is 59.2 Å². The number of benzene rings is 1. The van der Waals surface area contributed by atoms with E-state index in [0.717, 1.165) is 50.7 Å². The number of likely N-dealkylation sites (tertiary alicyclic amines) is 1. The second-order valence-electron chi connectivity index (χ2n) is 7.59. The van der Waals surface area contributed by atoms with Crippen LogP contribution in [-0.4, -0.2) is 93.2 Å². The van der Waals surface area contributed by atoms with Crippen LogP contribution in [0.25, 0.3) is 0 Å². The smallest absolute Gasteiger partial charge is 0.193 e. The zero-order valence-corrected chi connectivity index (χ0v) is 16.9. The van der Waals surface area contributed by atoms with Crippen LogP contribution in [0.3, 0.4) is 0 Å². The standard InChI is InChI=1S/C21H35N5O/c1-22-21(23-11-16-25-13-6-12-24(2)17-18-25)26-14-9-20(10-15-26)27-19-7-4-3-5-8-19/h3-5,7-8,20H,6,9-18H2,1-2H3,(H,22,23). The maximum Gasteiger partial charge on any atom is 0.193 e. The summed E-state index contributed by atoms with van der Waals surface area (Å²) in [5.41, 5.74) is 0. The maximum atomic E-state index is 6.10. The molecule has 0 spiro atoms. The molecule has 2 aliphatic heterocycles. The first kappa shape index (κ1) is 20.0. The van der Waals surface area contributed by atoms with Gasteiger partial charge in [-0.15, -0.1) is 0 Å². The largest absolute Gasteiger partial charge is 0.490 e. The third-order valence-electron chi connectivity index (χ3n) is 5.52. The summed E-state index contributed by atoms with van der Waals surface area (Å²) in [4.78, 5) is 11.8. The van der Waals surface area contributed by atoms with Crippen LogP contribution in [0.5, 0.6) is 5.75 Å². The molecule has 2 aliphatic rings. The maximum absolute atomic E-state index is 6.10. The molecule has 1 aromatic carbocycles. The van der Waals surface area contributed by atoms with Crippen LogP contribution >= 0.6 is 0 Å². The van der Waals surface area contributed by atoms with Gasteiger partial charge in [-0.3, -0.25) is 4.99 Å². The molecule has 3 rings (SSSR count). The van der Waals surface area contributed by atoms with E-state index in [1.54, 1.807) is 0 Å². The van der Waals surface area contributed by atoms with Gasteiger partial charge in [-0.05, 0) is 38.7 Å². The Morgan fingerprint density at radius 2 is 1.85 bits per heavy atom. The van der Waals surface area contributed by atoms with Gasteiger partial charge in [0.1, 0.15) is 11.9 Å². The van der Waals surface area contributed by atoms with Crippen molar-refractivity contribution >= 4 is 5.96 Å². The predicted octanol–water partition coefficient (Wildman–Crippen LogP) is 1.74. The molecule has 1 N–H and O–H groups in total. The normalized spacial score (nSPS) is 21.1. The number of piperidine rings is 1. The van der Waals surface area contributed by atoms with Crippen molar-refractivity contribution < 1.29 is 4.74 Å². The highest BCUT2D eigenvalue weighted by Crippen LogP contribution is 2.18. The fourth-order valence-corrected chi connectivity index (χ4v) is 3.86. The van der Waals surface area contributed by atoms with Crippen molar-refractivity contribution in [2.24, 2.45) is 4.99 Å². The van der Waals surface area contributed by atoms with E-state index in [0.29, 0.717) is 6.10 Å². The molecule has 27 heavy (non-hydrogen) atoms. The van der Waals surface area contributed by atoms with E-state index in [1.165, 1.54) is 32.6 Å². The molecule has 0 atom stereocenters. The lowest BCUT2D eigenvalue weighted by Gasteiger charge is -2.34. The van der Waals surface area contributed by atoms with Gasteiger partial charge in [0.25, 0.3) is 0 Å². The molecular weight excluding hydrogens is 338 g/mol. The van der Waals surface area contributed by atoms with Crippen molar-refractivity contribution in [2.45, 2.75) is 25.4 Å². The second kappa shape index (κ2) is 10.5. The summed E-state index contributed by atoms with van der Waals surface area (Å²) >= 11 is 0. The van der Waals surface area contributed by atoms with Crippen molar-refractivity contribution in [3.63, 3.8) is 0 Å². The number of ether oxygens (including phenoxy) is 1. The summed E-state index contributed by atoms with van der Waals surface area (Å²) in [6.07, 6.45) is 3.64. The third-order valence-corrected chi connectivity index (χ3v) is 5.52. The lowest BCUT2D eigenvalue weighted by Crippen LogP contribution is -2.49. The number of guanidine groups is 1. The first-order valence-electron chi connectivity index (χ1n) is 10.3. The van der Waals surface area contributed by atoms with Crippen molar-refractivity contribution in [3.05, 3.63) is 30.3 Å². The minimum Gasteiger partial charge on any atom is -0.490 e. The molecule has 0 saturated carbocycles. The summed E-state index contributed by atoms with van der Waals surface area (Å²) in [5, 5.41) is 3.56. The number of para-hydroxylation sites is 1. The summed E-state index contributed by atoms with van der Waals surface area (Å²) in [5.74, 6) is 2.00. The first-order chi connectivity index (χ1) is 13.2. The number of nitrogens with zero attached hydrogens (tertiary/aromatic N) is 4. The van der Waals surface area contributed by atoms with Gasteiger partial charge in [-0.2, -0.15) is 0 Å². The summed E-state index contributed by atoms with van der Waals surface area (Å²) in [6, 6.07) is 10.1. The summed E-state index contributed by atoms with van der Waals surface area (Å²) in [6.45, 7) is 8.77. The lowest BCUT2D eigenvalue weighted by atomic mass is 10.1. The highest BCUT2D eigenvalue weighted by molar-refractivity contribution is 5.79. The molecule has 1 aromatic rings. The van der Waals surface area contributed by atoms with Gasteiger partial charge in [0.15, 0.2) is 5.96 Å². The van der Waals surface area contributed by atoms with E-state index in [-0.39, 0.29) is 0 Å². The molecule has 0 aliphatic carbocycles. The molecule has 0 aromatic heterocycles. The highest BCUT2D eigenvalue weighted by Gasteiger charge is 2.22. The SMILES string of the molecule is CN=C(NCCN1CCCN(C)CC1)N1CCC(Oc2ccccc2)CC1. The van der Waals surface area contributed by atoms with Gasteiger partial charge in [-0.25, -0.2) is 0 Å². The Kier molecular flexibility index (Phi) is 7.78. The number of hydrogen-bond acceptors (Lipinski definition) is 4. The van der Waals surface area contributed by atoms with E-state index in [1.807, 2.05) is 37.4 Å². The first-order valence-corrected chi connectivity index (χ1v) is 10.3. The Hall–Kier alpha value is -1.79. The Morgan fingerprint density at radius 1 is 1.07 bits per heavy atom. The molecule has 2 fully saturated rings. The number of rotatable bonds is 5. The molecule has 0 unspecified atom stereocenters. The van der Waals surface area contributed by atoms with Crippen LogP contribution in [0.4, 0.5) is 0 Å². The van der Waals surface area contributed by atoms with Crippen LogP contribution < -0.4 is 10.1 Å². The summed E-state index contributed by atoms with van der Waals surface area (Å²) in [7, 11) is 4.10. The van der Waals surface area contributed by atoms with Crippen molar-refractivity contribution in [2.75, 3.05) is 66.5 Å². The van der Waals surface area contributed by atoms with Gasteiger partial charge in [-0.1, -0.05) is 18.2 Å². The van der Waals surface area contributed by atoms with Crippen LogP contribution in [0.1, 0.15) is 19.3 Å². The molecule has 2 heterocycles. The highest BCUT2D eigenvalue weighted by atomic mass is 16.5. The van der Waals surface area contributed by atoms with Gasteiger partial charge < -0.3 is 24.8 Å². The zero-order chi connectivity index (χ0) is 18.9. The van der Waals surface area contributed by atoms with E-state index >= 15 is 0 Å². The Bertz CT molecular complexity index is 571. The number of hydrogen-bond donors (Lipinski definition) is 1. The predicted molar refractivity (Wildman–Crippen MR) is 112 cm³/mol. The Labute approximate surface area is 164 Å². The molecule has 150 valence electrons. The molecule has 0 radical (unpaired) electrons. The van der Waals surface area contributed by atoms with E-state index < -0.39 is 0 Å². The van der Waals surface area contributed by atoms with E-state index in [4.69, 9.17) is 4.74 Å². The molecule has 6 heteroatoms. The molecular formula is C21H35N5O. The second-order valence-corrected chi connectivity index (χ2v) is 7.59. The van der Waals surface area contributed by atoms with Crippen LogP contribution in [-0.2, 0) is 0 Å². The third kappa shape index (κ3) is 6.40. The monoisotopic (exact) mass is 373 g/mol.